The number of piperidine rings is 1. The molecule has 7 nitrogen and oxygen atoms in total. The molecule has 1 aromatic rings. The predicted molar refractivity (Wildman–Crippen MR) is 94.4 cm³/mol. The highest BCUT2D eigenvalue weighted by Gasteiger charge is 2.41. The molecule has 1 amide bonds. The van der Waals surface area contributed by atoms with Crippen molar-refractivity contribution in [3.63, 3.8) is 0 Å². The highest BCUT2D eigenvalue weighted by Crippen LogP contribution is 2.31. The van der Waals surface area contributed by atoms with Crippen molar-refractivity contribution >= 4 is 31.9 Å². The molecule has 1 spiro atoms. The first-order chi connectivity index (χ1) is 11.8. The van der Waals surface area contributed by atoms with Gasteiger partial charge in [-0.15, -0.1) is 0 Å². The average Bonchev–Trinajstić information content (AvgIpc) is 3.03. The van der Waals surface area contributed by atoms with Gasteiger partial charge in [0.1, 0.15) is 0 Å². The summed E-state index contributed by atoms with van der Waals surface area (Å²) < 4.78 is 38.3. The molecule has 2 aliphatic heterocycles. The molecule has 2 aliphatic rings. The Hall–Kier alpha value is -1.00. The Morgan fingerprint density at radius 3 is 2.32 bits per heavy atom. The van der Waals surface area contributed by atoms with Crippen molar-refractivity contribution in [1.29, 1.82) is 0 Å². The minimum absolute atomic E-state index is 0.163. The van der Waals surface area contributed by atoms with Crippen LogP contribution in [0.25, 0.3) is 0 Å². The third-order valence-electron chi connectivity index (χ3n) is 4.57. The summed E-state index contributed by atoms with van der Waals surface area (Å²) in [5.41, 5.74) is 0. The average molecular weight is 433 g/mol. The number of hydrogen-bond donors (Lipinski definition) is 0. The summed E-state index contributed by atoms with van der Waals surface area (Å²) in [6.07, 6.45) is 1.23. The summed E-state index contributed by atoms with van der Waals surface area (Å²) in [6, 6.07) is 6.35. The first kappa shape index (κ1) is 18.8. The molecule has 0 aromatic heterocycles. The van der Waals surface area contributed by atoms with Crippen LogP contribution in [0.4, 0.5) is 0 Å². The topological polar surface area (TPSA) is 76.2 Å². The van der Waals surface area contributed by atoms with Crippen molar-refractivity contribution in [2.75, 3.05) is 39.9 Å². The molecular formula is C16H21BrN2O5S. The van der Waals surface area contributed by atoms with E-state index in [2.05, 4.69) is 15.9 Å². The molecule has 2 fully saturated rings. The van der Waals surface area contributed by atoms with Crippen LogP contribution in [-0.2, 0) is 24.3 Å². The SMILES string of the molecule is CN(CC(=O)N1CCC2(CC1)OCCO2)S(=O)(=O)c1ccc(Br)cc1. The molecule has 1 aromatic carbocycles. The molecule has 9 heteroatoms. The third-order valence-corrected chi connectivity index (χ3v) is 6.92. The minimum atomic E-state index is -3.70. The van der Waals surface area contributed by atoms with Gasteiger partial charge in [-0.25, -0.2) is 8.42 Å². The van der Waals surface area contributed by atoms with Crippen LogP contribution in [0.15, 0.2) is 33.6 Å². The lowest BCUT2D eigenvalue weighted by atomic mass is 10.0. The molecule has 138 valence electrons. The number of benzene rings is 1. The van der Waals surface area contributed by atoms with E-state index in [4.69, 9.17) is 9.47 Å². The van der Waals surface area contributed by atoms with E-state index in [1.165, 1.54) is 19.2 Å². The van der Waals surface area contributed by atoms with Gasteiger partial charge in [-0.3, -0.25) is 4.79 Å². The Morgan fingerprint density at radius 2 is 1.76 bits per heavy atom. The summed E-state index contributed by atoms with van der Waals surface area (Å²) in [6.45, 7) is 1.99. The van der Waals surface area contributed by atoms with Gasteiger partial charge in [0.05, 0.1) is 24.7 Å². The normalized spacial score (nSPS) is 20.4. The van der Waals surface area contributed by atoms with Gasteiger partial charge in [-0.05, 0) is 24.3 Å². The van der Waals surface area contributed by atoms with Crippen LogP contribution in [0.5, 0.6) is 0 Å². The van der Waals surface area contributed by atoms with E-state index in [1.54, 1.807) is 17.0 Å². The fraction of sp³-hybridized carbons (Fsp3) is 0.562. The van der Waals surface area contributed by atoms with Gasteiger partial charge >= 0.3 is 0 Å². The highest BCUT2D eigenvalue weighted by atomic mass is 79.9. The number of nitrogens with zero attached hydrogens (tertiary/aromatic N) is 2. The van der Waals surface area contributed by atoms with Crippen molar-refractivity contribution < 1.29 is 22.7 Å². The largest absolute Gasteiger partial charge is 0.347 e. The predicted octanol–water partition coefficient (Wildman–Crippen LogP) is 1.44. The summed E-state index contributed by atoms with van der Waals surface area (Å²) in [4.78, 5) is 14.3. The molecular weight excluding hydrogens is 412 g/mol. The number of likely N-dealkylation sites (N-methyl/N-ethyl adjacent to an activating group) is 1. The quantitative estimate of drug-likeness (QED) is 0.719. The van der Waals surface area contributed by atoms with Gasteiger partial charge < -0.3 is 14.4 Å². The van der Waals surface area contributed by atoms with Crippen molar-refractivity contribution in [3.05, 3.63) is 28.7 Å². The van der Waals surface area contributed by atoms with Gasteiger partial charge in [0.2, 0.25) is 15.9 Å². The van der Waals surface area contributed by atoms with E-state index in [-0.39, 0.29) is 17.3 Å². The number of carbonyl (C=O) groups excluding carboxylic acids is 1. The van der Waals surface area contributed by atoms with Crippen LogP contribution in [0, 0.1) is 0 Å². The Balaban J connectivity index is 1.59. The molecule has 2 saturated heterocycles. The number of amides is 1. The number of likely N-dealkylation sites (tertiary alicyclic amines) is 1. The smallest absolute Gasteiger partial charge is 0.243 e. The second kappa shape index (κ2) is 7.32. The van der Waals surface area contributed by atoms with E-state index in [9.17, 15) is 13.2 Å². The van der Waals surface area contributed by atoms with Gasteiger partial charge in [0.15, 0.2) is 5.79 Å². The zero-order chi connectivity index (χ0) is 18.1. The number of ether oxygens (including phenoxy) is 2. The van der Waals surface area contributed by atoms with Crippen LogP contribution in [-0.4, -0.2) is 69.2 Å². The fourth-order valence-electron chi connectivity index (χ4n) is 3.04. The highest BCUT2D eigenvalue weighted by molar-refractivity contribution is 9.10. The molecule has 3 rings (SSSR count). The number of halogens is 1. The number of rotatable bonds is 4. The van der Waals surface area contributed by atoms with E-state index in [0.29, 0.717) is 39.1 Å². The number of hydrogen-bond acceptors (Lipinski definition) is 5. The monoisotopic (exact) mass is 432 g/mol. The zero-order valence-corrected chi connectivity index (χ0v) is 16.4. The molecule has 0 N–H and O–H groups in total. The van der Waals surface area contributed by atoms with Gasteiger partial charge in [0, 0.05) is 37.5 Å². The van der Waals surface area contributed by atoms with Crippen molar-refractivity contribution in [1.82, 2.24) is 9.21 Å². The van der Waals surface area contributed by atoms with Gasteiger partial charge in [0.25, 0.3) is 0 Å². The fourth-order valence-corrected chi connectivity index (χ4v) is 4.43. The van der Waals surface area contributed by atoms with E-state index >= 15 is 0 Å². The Kier molecular flexibility index (Phi) is 5.50. The number of sulfonamides is 1. The molecule has 0 aliphatic carbocycles. The van der Waals surface area contributed by atoms with E-state index in [0.717, 1.165) is 8.78 Å². The maximum Gasteiger partial charge on any atom is 0.243 e. The van der Waals surface area contributed by atoms with Crippen LogP contribution < -0.4 is 0 Å². The number of carbonyl (C=O) groups is 1. The Labute approximate surface area is 156 Å². The molecule has 0 saturated carbocycles. The van der Waals surface area contributed by atoms with Crippen molar-refractivity contribution in [2.45, 2.75) is 23.5 Å². The van der Waals surface area contributed by atoms with Crippen LogP contribution >= 0.6 is 15.9 Å². The van der Waals surface area contributed by atoms with Crippen LogP contribution in [0.1, 0.15) is 12.8 Å². The van der Waals surface area contributed by atoms with E-state index < -0.39 is 15.8 Å². The first-order valence-electron chi connectivity index (χ1n) is 8.10. The summed E-state index contributed by atoms with van der Waals surface area (Å²) in [7, 11) is -2.28. The molecule has 0 bridgehead atoms. The van der Waals surface area contributed by atoms with Gasteiger partial charge in [-0.2, -0.15) is 4.31 Å². The lowest BCUT2D eigenvalue weighted by Gasteiger charge is -2.38. The molecule has 0 radical (unpaired) electrons. The second-order valence-electron chi connectivity index (χ2n) is 6.20. The van der Waals surface area contributed by atoms with Gasteiger partial charge in [-0.1, -0.05) is 15.9 Å². The van der Waals surface area contributed by atoms with E-state index in [1.807, 2.05) is 0 Å². The lowest BCUT2D eigenvalue weighted by Crippen LogP contribution is -2.50. The maximum absolute atomic E-state index is 12.6. The Morgan fingerprint density at radius 1 is 1.20 bits per heavy atom. The summed E-state index contributed by atoms with van der Waals surface area (Å²) in [5.74, 6) is -0.761. The molecule has 25 heavy (non-hydrogen) atoms. The van der Waals surface area contributed by atoms with Crippen molar-refractivity contribution in [3.8, 4) is 0 Å². The first-order valence-corrected chi connectivity index (χ1v) is 10.3. The van der Waals surface area contributed by atoms with Crippen LogP contribution in [0.2, 0.25) is 0 Å². The zero-order valence-electron chi connectivity index (χ0n) is 14.0. The minimum Gasteiger partial charge on any atom is -0.347 e. The standard InChI is InChI=1S/C16H21BrN2O5S/c1-18(25(21,22)14-4-2-13(17)3-5-14)12-15(20)19-8-6-16(7-9-19)23-10-11-24-16/h2-5H,6-12H2,1H3. The van der Waals surface area contributed by atoms with Crippen LogP contribution in [0.3, 0.4) is 0 Å². The lowest BCUT2D eigenvalue weighted by molar-refractivity contribution is -0.187. The molecule has 2 heterocycles. The van der Waals surface area contributed by atoms with Crippen molar-refractivity contribution in [2.24, 2.45) is 0 Å². The summed E-state index contributed by atoms with van der Waals surface area (Å²) in [5, 5.41) is 0. The third kappa shape index (κ3) is 4.06. The Bertz CT molecular complexity index is 721. The molecule has 0 unspecified atom stereocenters. The summed E-state index contributed by atoms with van der Waals surface area (Å²) >= 11 is 3.28. The second-order valence-corrected chi connectivity index (χ2v) is 9.16. The maximum atomic E-state index is 12.6. The molecule has 0 atom stereocenters.